The number of fused-ring (bicyclic) bond motifs is 1. The summed E-state index contributed by atoms with van der Waals surface area (Å²) in [6.07, 6.45) is -0.270. The van der Waals surface area contributed by atoms with Crippen LogP contribution in [0.3, 0.4) is 0 Å². The number of ether oxygens (including phenoxy) is 1. The molecule has 3 heterocycles. The van der Waals surface area contributed by atoms with E-state index in [-0.39, 0.29) is 35.6 Å². The van der Waals surface area contributed by atoms with Crippen LogP contribution in [0, 0.1) is 0 Å². The molecule has 0 spiro atoms. The summed E-state index contributed by atoms with van der Waals surface area (Å²) in [5.41, 5.74) is 5.50. The van der Waals surface area contributed by atoms with E-state index in [1.54, 1.807) is 0 Å². The molecule has 1 fully saturated rings. The number of H-pyrrole nitrogens is 1. The summed E-state index contributed by atoms with van der Waals surface area (Å²) in [6.45, 7) is -0.277. The first kappa shape index (κ1) is 14.4. The molecule has 0 amide bonds. The zero-order valence-corrected chi connectivity index (χ0v) is 10.4. The second-order valence-corrected chi connectivity index (χ2v) is 4.39. The Hall–Kier alpha value is -2.01. The van der Waals surface area contributed by atoms with Crippen molar-refractivity contribution < 1.29 is 20.4 Å². The number of aromatic nitrogens is 4. The Morgan fingerprint density at radius 3 is 3.00 bits per heavy atom. The smallest absolute Gasteiger partial charge is 0.280 e. The van der Waals surface area contributed by atoms with Gasteiger partial charge in [-0.3, -0.25) is 14.3 Å². The highest BCUT2D eigenvalue weighted by atomic mass is 16.7. The highest BCUT2D eigenvalue weighted by Crippen LogP contribution is 2.30. The Morgan fingerprint density at radius 2 is 2.35 bits per heavy atom. The molecule has 1 saturated heterocycles. The number of imidazole rings is 1. The van der Waals surface area contributed by atoms with Gasteiger partial charge in [0.25, 0.3) is 5.56 Å². The Bertz CT molecular complexity index is 668. The van der Waals surface area contributed by atoms with Crippen LogP contribution in [0.15, 0.2) is 11.1 Å². The fourth-order valence-corrected chi connectivity index (χ4v) is 2.20. The average Bonchev–Trinajstić information content (AvgIpc) is 2.92. The number of hydrogen-bond acceptors (Lipinski definition) is 7. The van der Waals surface area contributed by atoms with E-state index in [9.17, 15) is 9.90 Å². The van der Waals surface area contributed by atoms with E-state index >= 15 is 0 Å². The van der Waals surface area contributed by atoms with Crippen molar-refractivity contribution in [2.24, 2.45) is 0 Å². The largest absolute Gasteiger partial charge is 0.412 e. The van der Waals surface area contributed by atoms with Gasteiger partial charge in [-0.1, -0.05) is 0 Å². The number of aliphatic hydroxyl groups is 2. The molecule has 110 valence electrons. The molecule has 0 aromatic carbocycles. The second kappa shape index (κ2) is 5.17. The van der Waals surface area contributed by atoms with Gasteiger partial charge in [0.2, 0.25) is 5.95 Å². The molecule has 10 nitrogen and oxygen atoms in total. The number of aliphatic hydroxyl groups excluding tert-OH is 2. The zero-order chi connectivity index (χ0) is 13.6. The lowest BCUT2D eigenvalue weighted by atomic mass is 10.5. The highest BCUT2D eigenvalue weighted by molar-refractivity contribution is 5.70. The number of aromatic amines is 1. The number of nitrogen functional groups attached to an aromatic ring is 1. The third kappa shape index (κ3) is 2.14. The topological polar surface area (TPSA) is 171 Å². The second-order valence-electron chi connectivity index (χ2n) is 4.39. The summed E-state index contributed by atoms with van der Waals surface area (Å²) in [6, 6.07) is 0. The molecular weight excluding hydrogens is 275 g/mol. The molecule has 3 atom stereocenters. The molecule has 1 aliphatic rings. The fourth-order valence-electron chi connectivity index (χ4n) is 2.20. The standard InChI is InChI=1S/C10H13N5O4.H2O/c11-10-13-8-7(9(18)14-10)12-3-15(8)6-1-4(17)5(2-16)19-6;/h3-6,16-17H,1-2H2,(H3,11,13,14,18);1H2/t4-,5+,6+;/m0./s1/i1+1,2+1,4+1,5+1,6+1;. The lowest BCUT2D eigenvalue weighted by Gasteiger charge is -2.13. The van der Waals surface area contributed by atoms with Crippen LogP contribution < -0.4 is 11.3 Å². The number of nitrogens with zero attached hydrogens (tertiary/aromatic N) is 3. The molecular formula is C10H15N5O5. The van der Waals surface area contributed by atoms with E-state index < -0.39 is 24.0 Å². The molecule has 7 N–H and O–H groups in total. The van der Waals surface area contributed by atoms with Gasteiger partial charge >= 0.3 is 0 Å². The lowest BCUT2D eigenvalue weighted by Crippen LogP contribution is -2.24. The fraction of sp³-hybridized carbons (Fsp3) is 0.500. The molecule has 2 aromatic heterocycles. The van der Waals surface area contributed by atoms with Crippen molar-refractivity contribution in [1.29, 1.82) is 0 Å². The monoisotopic (exact) mass is 290 g/mol. The quantitative estimate of drug-likeness (QED) is 0.443. The maximum atomic E-state index is 11.6. The summed E-state index contributed by atoms with van der Waals surface area (Å²) >= 11 is 0. The number of nitrogens with two attached hydrogens (primary N) is 1. The first-order valence-electron chi connectivity index (χ1n) is 5.77. The highest BCUT2D eigenvalue weighted by Gasteiger charge is 2.35. The molecule has 0 radical (unpaired) electrons. The maximum Gasteiger partial charge on any atom is 0.280 e. The van der Waals surface area contributed by atoms with E-state index in [2.05, 4.69) is 15.0 Å². The van der Waals surface area contributed by atoms with Crippen LogP contribution in [0.2, 0.25) is 0 Å². The van der Waals surface area contributed by atoms with Crippen LogP contribution in [-0.4, -0.2) is 54.0 Å². The van der Waals surface area contributed by atoms with Gasteiger partial charge in [-0.05, 0) is 0 Å². The van der Waals surface area contributed by atoms with Gasteiger partial charge in [0.05, 0.1) is 19.0 Å². The van der Waals surface area contributed by atoms with Crippen LogP contribution in [0.4, 0.5) is 5.95 Å². The van der Waals surface area contributed by atoms with E-state index in [1.807, 2.05) is 0 Å². The van der Waals surface area contributed by atoms with Crippen molar-refractivity contribution >= 4 is 17.1 Å². The normalized spacial score (nSPS) is 25.8. The molecule has 20 heavy (non-hydrogen) atoms. The minimum Gasteiger partial charge on any atom is -0.412 e. The summed E-state index contributed by atoms with van der Waals surface area (Å²) in [5, 5.41) is 18.8. The summed E-state index contributed by atoms with van der Waals surface area (Å²) in [5.74, 6) is -0.0171. The van der Waals surface area contributed by atoms with Gasteiger partial charge in [-0.2, -0.15) is 4.98 Å². The molecule has 0 bridgehead atoms. The molecule has 10 heteroatoms. The Kier molecular flexibility index (Phi) is 3.72. The van der Waals surface area contributed by atoms with Gasteiger partial charge in [-0.15, -0.1) is 0 Å². The first-order valence-corrected chi connectivity index (χ1v) is 5.77. The zero-order valence-electron chi connectivity index (χ0n) is 10.4. The molecule has 1 aliphatic heterocycles. The van der Waals surface area contributed by atoms with Crippen LogP contribution in [0.25, 0.3) is 11.2 Å². The van der Waals surface area contributed by atoms with E-state index in [1.165, 1.54) is 10.9 Å². The van der Waals surface area contributed by atoms with Gasteiger partial charge in [0.1, 0.15) is 12.3 Å². The Morgan fingerprint density at radius 1 is 1.60 bits per heavy atom. The number of rotatable bonds is 2. The van der Waals surface area contributed by atoms with Gasteiger partial charge in [0.15, 0.2) is 11.2 Å². The van der Waals surface area contributed by atoms with Crippen LogP contribution in [0.1, 0.15) is 12.6 Å². The number of nitrogens with one attached hydrogen (secondary N) is 1. The van der Waals surface area contributed by atoms with Crippen molar-refractivity contribution in [3.05, 3.63) is 16.7 Å². The van der Waals surface area contributed by atoms with Crippen molar-refractivity contribution in [1.82, 2.24) is 19.5 Å². The van der Waals surface area contributed by atoms with Gasteiger partial charge in [0, 0.05) is 6.42 Å². The van der Waals surface area contributed by atoms with Crippen molar-refractivity contribution in [2.75, 3.05) is 12.3 Å². The molecule has 0 saturated carbocycles. The summed E-state index contributed by atoms with van der Waals surface area (Å²) in [4.78, 5) is 22.0. The first-order chi connectivity index (χ1) is 9.10. The average molecular weight is 290 g/mol. The summed E-state index contributed by atoms with van der Waals surface area (Å²) in [7, 11) is 0. The molecule has 0 unspecified atom stereocenters. The van der Waals surface area contributed by atoms with Crippen LogP contribution >= 0.6 is 0 Å². The van der Waals surface area contributed by atoms with Crippen molar-refractivity contribution in [3.8, 4) is 0 Å². The predicted octanol–water partition coefficient (Wildman–Crippen LogP) is -2.48. The predicted molar refractivity (Wildman–Crippen MR) is 67.8 cm³/mol. The van der Waals surface area contributed by atoms with Crippen molar-refractivity contribution in [2.45, 2.75) is 24.9 Å². The molecule has 0 aliphatic carbocycles. The van der Waals surface area contributed by atoms with Crippen LogP contribution in [-0.2, 0) is 4.74 Å². The minimum atomic E-state index is -0.771. The van der Waals surface area contributed by atoms with Gasteiger partial charge < -0.3 is 26.2 Å². The minimum absolute atomic E-state index is 0. The van der Waals surface area contributed by atoms with E-state index in [4.69, 9.17) is 15.6 Å². The number of anilines is 1. The lowest BCUT2D eigenvalue weighted by molar-refractivity contribution is -0.0432. The maximum absolute atomic E-state index is 11.6. The third-order valence-corrected chi connectivity index (χ3v) is 3.15. The van der Waals surface area contributed by atoms with E-state index in [0.717, 1.165) is 0 Å². The molecule has 2 aromatic rings. The van der Waals surface area contributed by atoms with Gasteiger partial charge in [-0.25, -0.2) is 4.98 Å². The number of hydrogen-bond donors (Lipinski definition) is 4. The summed E-state index contributed by atoms with van der Waals surface area (Å²) < 4.78 is 7.01. The Labute approximate surface area is 112 Å². The third-order valence-electron chi connectivity index (χ3n) is 3.15. The Balaban J connectivity index is 0.00000147. The van der Waals surface area contributed by atoms with Crippen molar-refractivity contribution in [3.63, 3.8) is 0 Å². The van der Waals surface area contributed by atoms with E-state index in [0.29, 0.717) is 0 Å². The SMILES string of the molecule is Nc1nc2c(ncn2[13C@H]2[13CH2][13C@H](O)[13C@@H]([13CH2]O)O2)c(=O)[nH]1.O. The molecule has 3 rings (SSSR count). The van der Waals surface area contributed by atoms with Crippen LogP contribution in [0.5, 0.6) is 0 Å².